The van der Waals surface area contributed by atoms with E-state index in [1.54, 1.807) is 0 Å². The summed E-state index contributed by atoms with van der Waals surface area (Å²) in [4.78, 5) is 10.7. The molecule has 0 radical (unpaired) electrons. The van der Waals surface area contributed by atoms with Gasteiger partial charge in [0.25, 0.3) is 0 Å². The molecule has 0 aliphatic rings. The van der Waals surface area contributed by atoms with E-state index >= 15 is 0 Å². The van der Waals surface area contributed by atoms with Gasteiger partial charge in [0.1, 0.15) is 5.75 Å². The lowest BCUT2D eigenvalue weighted by Gasteiger charge is -2.12. The third kappa shape index (κ3) is 2.21. The molecule has 1 unspecified atom stereocenters. The molecule has 4 nitrogen and oxygen atoms in total. The molecule has 0 saturated heterocycles. The van der Waals surface area contributed by atoms with Crippen molar-refractivity contribution in [2.75, 3.05) is 6.54 Å². The third-order valence-corrected chi connectivity index (χ3v) is 1.98. The molecule has 6 heteroatoms. The highest BCUT2D eigenvalue weighted by Crippen LogP contribution is 2.27. The van der Waals surface area contributed by atoms with Gasteiger partial charge >= 0.3 is 5.97 Å². The van der Waals surface area contributed by atoms with E-state index in [1.165, 1.54) is 0 Å². The Balaban J connectivity index is 3.24. The number of carboxylic acids is 1. The van der Waals surface area contributed by atoms with Gasteiger partial charge in [-0.3, -0.25) is 4.79 Å². The molecule has 0 aliphatic carbocycles. The molecule has 15 heavy (non-hydrogen) atoms. The maximum Gasteiger partial charge on any atom is 0.312 e. The van der Waals surface area contributed by atoms with Crippen molar-refractivity contribution in [1.29, 1.82) is 0 Å². The summed E-state index contributed by atoms with van der Waals surface area (Å²) in [6.07, 6.45) is 0. The number of aliphatic carboxylic acids is 1. The molecule has 1 rings (SSSR count). The van der Waals surface area contributed by atoms with Crippen molar-refractivity contribution in [3.05, 3.63) is 29.3 Å². The molecular formula is C9H9F2NO3. The minimum atomic E-state index is -1.31. The van der Waals surface area contributed by atoms with Gasteiger partial charge in [-0.2, -0.15) is 0 Å². The van der Waals surface area contributed by atoms with Crippen LogP contribution in [-0.2, 0) is 4.79 Å². The molecule has 0 amide bonds. The molecule has 0 aromatic heterocycles. The quantitative estimate of drug-likeness (QED) is 0.699. The van der Waals surface area contributed by atoms with Crippen molar-refractivity contribution in [2.45, 2.75) is 5.92 Å². The van der Waals surface area contributed by atoms with E-state index in [-0.39, 0.29) is 12.1 Å². The largest absolute Gasteiger partial charge is 0.508 e. The number of benzene rings is 1. The zero-order valence-corrected chi connectivity index (χ0v) is 7.58. The number of halogens is 2. The first-order valence-corrected chi connectivity index (χ1v) is 4.08. The van der Waals surface area contributed by atoms with Crippen LogP contribution in [0.25, 0.3) is 0 Å². The van der Waals surface area contributed by atoms with Crippen LogP contribution < -0.4 is 5.73 Å². The highest BCUT2D eigenvalue weighted by molar-refractivity contribution is 5.77. The SMILES string of the molecule is NCC(C(=O)O)c1cc(F)c(F)cc1O. The number of hydrogen-bond acceptors (Lipinski definition) is 3. The van der Waals surface area contributed by atoms with Crippen molar-refractivity contribution in [3.63, 3.8) is 0 Å². The maximum absolute atomic E-state index is 12.8. The average Bonchev–Trinajstić information content (AvgIpc) is 2.14. The molecule has 0 aliphatic heterocycles. The van der Waals surface area contributed by atoms with Crippen molar-refractivity contribution < 1.29 is 23.8 Å². The first kappa shape index (κ1) is 11.4. The van der Waals surface area contributed by atoms with Gasteiger partial charge in [-0.15, -0.1) is 0 Å². The fourth-order valence-corrected chi connectivity index (χ4v) is 1.19. The summed E-state index contributed by atoms with van der Waals surface area (Å²) in [5.41, 5.74) is 4.92. The van der Waals surface area contributed by atoms with Crippen LogP contribution in [0.5, 0.6) is 5.75 Å². The van der Waals surface area contributed by atoms with Crippen molar-refractivity contribution >= 4 is 5.97 Å². The normalized spacial score (nSPS) is 12.5. The van der Waals surface area contributed by atoms with E-state index in [0.717, 1.165) is 0 Å². The fraction of sp³-hybridized carbons (Fsp3) is 0.222. The summed E-state index contributed by atoms with van der Waals surface area (Å²) in [5, 5.41) is 17.9. The summed E-state index contributed by atoms with van der Waals surface area (Å²) in [6, 6.07) is 1.16. The van der Waals surface area contributed by atoms with E-state index < -0.39 is 29.3 Å². The second-order valence-electron chi connectivity index (χ2n) is 2.95. The van der Waals surface area contributed by atoms with E-state index in [0.29, 0.717) is 12.1 Å². The number of nitrogens with two attached hydrogens (primary N) is 1. The van der Waals surface area contributed by atoms with Gasteiger partial charge in [-0.25, -0.2) is 8.78 Å². The molecular weight excluding hydrogens is 208 g/mol. The molecule has 0 saturated carbocycles. The number of aromatic hydroxyl groups is 1. The summed E-state index contributed by atoms with van der Waals surface area (Å²) >= 11 is 0. The minimum absolute atomic E-state index is 0.232. The standard InChI is InChI=1S/C9H9F2NO3/c10-6-1-4(5(3-12)9(14)15)8(13)2-7(6)11/h1-2,5,13H,3,12H2,(H,14,15). The molecule has 0 bridgehead atoms. The summed E-state index contributed by atoms with van der Waals surface area (Å²) < 4.78 is 25.4. The summed E-state index contributed by atoms with van der Waals surface area (Å²) in [5.74, 6) is -5.63. The molecule has 1 aromatic carbocycles. The van der Waals surface area contributed by atoms with Crippen LogP contribution in [0.4, 0.5) is 8.78 Å². The Kier molecular flexibility index (Phi) is 3.21. The van der Waals surface area contributed by atoms with Gasteiger partial charge in [-0.1, -0.05) is 0 Å². The topological polar surface area (TPSA) is 83.6 Å². The lowest BCUT2D eigenvalue weighted by molar-refractivity contribution is -0.138. The fourth-order valence-electron chi connectivity index (χ4n) is 1.19. The monoisotopic (exact) mass is 217 g/mol. The summed E-state index contributed by atoms with van der Waals surface area (Å²) in [6.45, 7) is -0.312. The minimum Gasteiger partial charge on any atom is -0.508 e. The van der Waals surface area contributed by atoms with E-state index in [4.69, 9.17) is 10.8 Å². The Labute approximate surface area is 83.9 Å². The second-order valence-corrected chi connectivity index (χ2v) is 2.95. The Morgan fingerprint density at radius 2 is 1.93 bits per heavy atom. The molecule has 0 heterocycles. The Morgan fingerprint density at radius 3 is 2.40 bits per heavy atom. The van der Waals surface area contributed by atoms with Gasteiger partial charge in [0.2, 0.25) is 0 Å². The molecule has 1 atom stereocenters. The zero-order valence-electron chi connectivity index (χ0n) is 7.58. The Hall–Kier alpha value is -1.69. The molecule has 4 N–H and O–H groups in total. The number of phenolic OH excluding ortho intramolecular Hbond substituents is 1. The van der Waals surface area contributed by atoms with Crippen LogP contribution in [0.3, 0.4) is 0 Å². The number of phenols is 1. The first-order chi connectivity index (χ1) is 6.97. The zero-order chi connectivity index (χ0) is 11.6. The Bertz CT molecular complexity index is 395. The van der Waals surface area contributed by atoms with Crippen LogP contribution >= 0.6 is 0 Å². The van der Waals surface area contributed by atoms with E-state index in [1.807, 2.05) is 0 Å². The van der Waals surface area contributed by atoms with Gasteiger partial charge < -0.3 is 15.9 Å². The van der Waals surface area contributed by atoms with Crippen molar-refractivity contribution in [2.24, 2.45) is 5.73 Å². The predicted molar refractivity (Wildman–Crippen MR) is 47.5 cm³/mol. The highest BCUT2D eigenvalue weighted by atomic mass is 19.2. The number of hydrogen-bond donors (Lipinski definition) is 3. The average molecular weight is 217 g/mol. The smallest absolute Gasteiger partial charge is 0.312 e. The predicted octanol–water partition coefficient (Wildman–Crippen LogP) is 0.797. The Morgan fingerprint density at radius 1 is 1.40 bits per heavy atom. The molecule has 82 valence electrons. The van der Waals surface area contributed by atoms with Crippen molar-refractivity contribution in [3.8, 4) is 5.75 Å². The van der Waals surface area contributed by atoms with Gasteiger partial charge in [0.15, 0.2) is 11.6 Å². The molecule has 1 aromatic rings. The number of carbonyl (C=O) groups is 1. The van der Waals surface area contributed by atoms with Crippen LogP contribution in [0.15, 0.2) is 12.1 Å². The van der Waals surface area contributed by atoms with Crippen LogP contribution in [0.2, 0.25) is 0 Å². The maximum atomic E-state index is 12.8. The van der Waals surface area contributed by atoms with Gasteiger partial charge in [-0.05, 0) is 6.07 Å². The number of rotatable bonds is 3. The molecule has 0 spiro atoms. The second kappa shape index (κ2) is 4.22. The third-order valence-electron chi connectivity index (χ3n) is 1.98. The lowest BCUT2D eigenvalue weighted by Crippen LogP contribution is -2.21. The van der Waals surface area contributed by atoms with E-state index in [2.05, 4.69) is 0 Å². The van der Waals surface area contributed by atoms with Crippen LogP contribution in [0, 0.1) is 11.6 Å². The van der Waals surface area contributed by atoms with E-state index in [9.17, 15) is 18.7 Å². The van der Waals surface area contributed by atoms with Crippen LogP contribution in [0.1, 0.15) is 11.5 Å². The lowest BCUT2D eigenvalue weighted by atomic mass is 9.98. The highest BCUT2D eigenvalue weighted by Gasteiger charge is 2.23. The van der Waals surface area contributed by atoms with Crippen molar-refractivity contribution in [1.82, 2.24) is 0 Å². The number of carboxylic acid groups (broad SMARTS) is 1. The first-order valence-electron chi connectivity index (χ1n) is 4.08. The summed E-state index contributed by atoms with van der Waals surface area (Å²) in [7, 11) is 0. The van der Waals surface area contributed by atoms with Gasteiger partial charge in [0.05, 0.1) is 5.92 Å². The molecule has 0 fully saturated rings. The van der Waals surface area contributed by atoms with Gasteiger partial charge in [0, 0.05) is 18.2 Å². The van der Waals surface area contributed by atoms with Crippen LogP contribution in [-0.4, -0.2) is 22.7 Å².